The number of rotatable bonds is 5. The number of carbonyl (C=O) groups excluding carboxylic acids is 1. The highest BCUT2D eigenvalue weighted by Crippen LogP contribution is 2.33. The number of hydrogen-bond acceptors (Lipinski definition) is 4. The third-order valence-corrected chi connectivity index (χ3v) is 5.81. The van der Waals surface area contributed by atoms with E-state index >= 15 is 4.39 Å². The highest BCUT2D eigenvalue weighted by atomic mass is 19.1. The van der Waals surface area contributed by atoms with Crippen molar-refractivity contribution in [3.63, 3.8) is 0 Å². The zero-order chi connectivity index (χ0) is 20.4. The Balaban J connectivity index is 1.65. The van der Waals surface area contributed by atoms with Crippen molar-refractivity contribution >= 4 is 23.1 Å². The van der Waals surface area contributed by atoms with Gasteiger partial charge in [0.05, 0.1) is 11.2 Å². The summed E-state index contributed by atoms with van der Waals surface area (Å²) < 4.78 is 15.3. The van der Waals surface area contributed by atoms with Crippen molar-refractivity contribution in [3.8, 4) is 0 Å². The SMILES string of the molecule is CC(c1nc2c(F)c(N3CCN(C)CC3)ccc2[nH]1)C1C=CC=CC=C1NC=O. The van der Waals surface area contributed by atoms with Gasteiger partial charge < -0.3 is 20.1 Å². The lowest BCUT2D eigenvalue weighted by Crippen LogP contribution is -2.44. The largest absolute Gasteiger partial charge is 0.367 e. The Hall–Kier alpha value is -2.93. The van der Waals surface area contributed by atoms with Crippen molar-refractivity contribution in [3.05, 3.63) is 59.9 Å². The number of benzene rings is 1. The van der Waals surface area contributed by atoms with Crippen LogP contribution in [0.15, 0.2) is 48.2 Å². The number of halogens is 1. The molecule has 1 aromatic heterocycles. The number of amides is 1. The Bertz CT molecular complexity index is 984. The van der Waals surface area contributed by atoms with Gasteiger partial charge in [0.1, 0.15) is 11.3 Å². The van der Waals surface area contributed by atoms with Crippen LogP contribution in [0.3, 0.4) is 0 Å². The molecule has 1 aromatic carbocycles. The number of aromatic nitrogens is 2. The minimum absolute atomic E-state index is 0.0660. The summed E-state index contributed by atoms with van der Waals surface area (Å²) in [5, 5.41) is 2.78. The fourth-order valence-electron chi connectivity index (χ4n) is 4.00. The molecule has 1 amide bonds. The van der Waals surface area contributed by atoms with E-state index in [1.54, 1.807) is 0 Å². The number of likely N-dealkylation sites (N-methyl/N-ethyl adjacent to an activating group) is 1. The van der Waals surface area contributed by atoms with E-state index in [9.17, 15) is 4.79 Å². The standard InChI is InChI=1S/C22H26FN5O/c1-15(16-6-4-3-5-7-17(16)24-14-29)22-25-18-8-9-19(20(23)21(18)26-22)28-12-10-27(2)11-13-28/h3-9,14-16H,10-13H2,1-2H3,(H,24,29)(H,25,26). The van der Waals surface area contributed by atoms with Crippen LogP contribution >= 0.6 is 0 Å². The number of nitrogens with zero attached hydrogens (tertiary/aromatic N) is 3. The van der Waals surface area contributed by atoms with Crippen molar-refractivity contribution in [2.75, 3.05) is 38.1 Å². The zero-order valence-corrected chi connectivity index (χ0v) is 16.7. The van der Waals surface area contributed by atoms with Crippen molar-refractivity contribution in [2.24, 2.45) is 5.92 Å². The molecule has 7 heteroatoms. The quantitative estimate of drug-likeness (QED) is 0.764. The molecule has 152 valence electrons. The summed E-state index contributed by atoms with van der Waals surface area (Å²) >= 11 is 0. The van der Waals surface area contributed by atoms with Gasteiger partial charge in [-0.15, -0.1) is 0 Å². The Kier molecular flexibility index (Phi) is 5.49. The molecule has 4 rings (SSSR count). The van der Waals surface area contributed by atoms with Crippen molar-refractivity contribution in [1.29, 1.82) is 0 Å². The summed E-state index contributed by atoms with van der Waals surface area (Å²) in [5.74, 6) is 0.283. The Morgan fingerprint density at radius 2 is 2.03 bits per heavy atom. The maximum Gasteiger partial charge on any atom is 0.211 e. The Morgan fingerprint density at radius 1 is 1.24 bits per heavy atom. The molecule has 1 fully saturated rings. The van der Waals surface area contributed by atoms with Gasteiger partial charge in [-0.3, -0.25) is 4.79 Å². The summed E-state index contributed by atoms with van der Waals surface area (Å²) in [6.07, 6.45) is 10.3. The lowest BCUT2D eigenvalue weighted by molar-refractivity contribution is -0.109. The maximum absolute atomic E-state index is 15.3. The topological polar surface area (TPSA) is 64.3 Å². The number of piperazine rings is 1. The molecule has 1 saturated heterocycles. The van der Waals surface area contributed by atoms with Gasteiger partial charge in [-0.25, -0.2) is 9.37 Å². The fraction of sp³-hybridized carbons (Fsp3) is 0.364. The molecule has 1 aliphatic heterocycles. The highest BCUT2D eigenvalue weighted by molar-refractivity contribution is 5.81. The van der Waals surface area contributed by atoms with Crippen LogP contribution in [0.25, 0.3) is 11.0 Å². The van der Waals surface area contributed by atoms with Gasteiger partial charge in [0.15, 0.2) is 5.82 Å². The number of H-pyrrole nitrogens is 1. The molecule has 2 atom stereocenters. The molecule has 0 bridgehead atoms. The summed E-state index contributed by atoms with van der Waals surface area (Å²) in [5.41, 5.74) is 2.45. The van der Waals surface area contributed by atoms with Crippen LogP contribution in [-0.2, 0) is 4.79 Å². The van der Waals surface area contributed by atoms with E-state index < -0.39 is 0 Å². The summed E-state index contributed by atoms with van der Waals surface area (Å²) in [6.45, 7) is 5.47. The van der Waals surface area contributed by atoms with Crippen LogP contribution in [0.4, 0.5) is 10.1 Å². The first-order valence-corrected chi connectivity index (χ1v) is 9.95. The van der Waals surface area contributed by atoms with E-state index in [4.69, 9.17) is 0 Å². The number of nitrogens with one attached hydrogen (secondary N) is 2. The molecule has 29 heavy (non-hydrogen) atoms. The third kappa shape index (κ3) is 3.82. The molecule has 2 aliphatic rings. The average Bonchev–Trinajstić information content (AvgIpc) is 3.03. The fourth-order valence-corrected chi connectivity index (χ4v) is 4.00. The van der Waals surface area contributed by atoms with Gasteiger partial charge in [-0.1, -0.05) is 31.2 Å². The smallest absolute Gasteiger partial charge is 0.211 e. The third-order valence-electron chi connectivity index (χ3n) is 5.81. The molecular weight excluding hydrogens is 369 g/mol. The van der Waals surface area contributed by atoms with Gasteiger partial charge >= 0.3 is 0 Å². The minimum Gasteiger partial charge on any atom is -0.367 e. The Morgan fingerprint density at radius 3 is 2.79 bits per heavy atom. The molecule has 0 spiro atoms. The summed E-state index contributed by atoms with van der Waals surface area (Å²) in [4.78, 5) is 23.2. The molecular formula is C22H26FN5O. The first-order chi connectivity index (χ1) is 14.1. The predicted molar refractivity (Wildman–Crippen MR) is 113 cm³/mol. The maximum atomic E-state index is 15.3. The van der Waals surface area contributed by atoms with Crippen molar-refractivity contribution in [2.45, 2.75) is 12.8 Å². The zero-order valence-electron chi connectivity index (χ0n) is 16.7. The number of imidazole rings is 1. The number of anilines is 1. The first kappa shape index (κ1) is 19.4. The second-order valence-corrected chi connectivity index (χ2v) is 7.68. The van der Waals surface area contributed by atoms with E-state index in [0.717, 1.165) is 31.9 Å². The molecule has 0 saturated carbocycles. The number of hydrogen-bond donors (Lipinski definition) is 2. The van der Waals surface area contributed by atoms with Crippen molar-refractivity contribution in [1.82, 2.24) is 20.2 Å². The normalized spacial score (nSPS) is 21.1. The van der Waals surface area contributed by atoms with E-state index in [-0.39, 0.29) is 17.7 Å². The van der Waals surface area contributed by atoms with Gasteiger partial charge in [0, 0.05) is 43.7 Å². The van der Waals surface area contributed by atoms with Crippen molar-refractivity contribution < 1.29 is 9.18 Å². The molecule has 2 unspecified atom stereocenters. The van der Waals surface area contributed by atoms with E-state index in [1.807, 2.05) is 49.4 Å². The molecule has 2 aromatic rings. The van der Waals surface area contributed by atoms with Gasteiger partial charge in [-0.05, 0) is 25.3 Å². The highest BCUT2D eigenvalue weighted by Gasteiger charge is 2.26. The minimum atomic E-state index is -0.276. The predicted octanol–water partition coefficient (Wildman–Crippen LogP) is 2.93. The Labute approximate surface area is 169 Å². The van der Waals surface area contributed by atoms with Crippen LogP contribution in [-0.4, -0.2) is 54.5 Å². The number of aromatic amines is 1. The van der Waals surface area contributed by atoms with E-state index in [1.165, 1.54) is 0 Å². The number of fused-ring (bicyclic) bond motifs is 1. The van der Waals surface area contributed by atoms with Crippen LogP contribution < -0.4 is 10.2 Å². The molecule has 0 radical (unpaired) electrons. The second kappa shape index (κ2) is 8.21. The average molecular weight is 395 g/mol. The van der Waals surface area contributed by atoms with E-state index in [2.05, 4.69) is 32.1 Å². The molecule has 1 aliphatic carbocycles. The van der Waals surface area contributed by atoms with E-state index in [0.29, 0.717) is 29.0 Å². The van der Waals surface area contributed by atoms with Gasteiger partial charge in [0.25, 0.3) is 0 Å². The summed E-state index contributed by atoms with van der Waals surface area (Å²) in [7, 11) is 2.08. The van der Waals surface area contributed by atoms with Crippen LogP contribution in [0, 0.1) is 11.7 Å². The molecule has 2 heterocycles. The number of allylic oxidation sites excluding steroid dienone is 5. The van der Waals surface area contributed by atoms with Gasteiger partial charge in [-0.2, -0.15) is 0 Å². The lowest BCUT2D eigenvalue weighted by Gasteiger charge is -2.34. The first-order valence-electron chi connectivity index (χ1n) is 9.95. The van der Waals surface area contributed by atoms with Crippen LogP contribution in [0.5, 0.6) is 0 Å². The van der Waals surface area contributed by atoms with Crippen LogP contribution in [0.2, 0.25) is 0 Å². The second-order valence-electron chi connectivity index (χ2n) is 7.68. The van der Waals surface area contributed by atoms with Gasteiger partial charge in [0.2, 0.25) is 6.41 Å². The number of carbonyl (C=O) groups is 1. The molecule has 2 N–H and O–H groups in total. The molecule has 6 nitrogen and oxygen atoms in total. The van der Waals surface area contributed by atoms with Crippen LogP contribution in [0.1, 0.15) is 18.7 Å². The monoisotopic (exact) mass is 395 g/mol. The summed E-state index contributed by atoms with van der Waals surface area (Å²) in [6, 6.07) is 3.74. The lowest BCUT2D eigenvalue weighted by atomic mass is 9.90.